The Balaban J connectivity index is 2.30. The molecule has 1 N–H and O–H groups in total. The van der Waals surface area contributed by atoms with Crippen molar-refractivity contribution in [3.63, 3.8) is 0 Å². The van der Waals surface area contributed by atoms with Crippen LogP contribution < -0.4 is 5.32 Å². The maximum Gasteiger partial charge on any atom is 0.143 e. The summed E-state index contributed by atoms with van der Waals surface area (Å²) in [7, 11) is 0. The highest BCUT2D eigenvalue weighted by Gasteiger charge is 2.34. The first-order valence-corrected chi connectivity index (χ1v) is 5.58. The average molecular weight is 256 g/mol. The SMILES string of the molecule is CC1CNC(C)(c2cccc(Br)c2)O1. The van der Waals surface area contributed by atoms with Crippen molar-refractivity contribution >= 4 is 15.9 Å². The molecule has 0 saturated carbocycles. The van der Waals surface area contributed by atoms with Gasteiger partial charge in [-0.25, -0.2) is 0 Å². The molecule has 1 aliphatic heterocycles. The first-order valence-electron chi connectivity index (χ1n) is 4.79. The largest absolute Gasteiger partial charge is 0.352 e. The molecule has 0 radical (unpaired) electrons. The van der Waals surface area contributed by atoms with E-state index < -0.39 is 0 Å². The van der Waals surface area contributed by atoms with E-state index >= 15 is 0 Å². The first kappa shape index (κ1) is 10.1. The van der Waals surface area contributed by atoms with Gasteiger partial charge in [0.1, 0.15) is 5.72 Å². The van der Waals surface area contributed by atoms with E-state index in [1.54, 1.807) is 0 Å². The molecule has 2 unspecified atom stereocenters. The van der Waals surface area contributed by atoms with Crippen molar-refractivity contribution < 1.29 is 4.74 Å². The number of ether oxygens (including phenoxy) is 1. The third-order valence-corrected chi connectivity index (χ3v) is 3.03. The number of hydrogen-bond donors (Lipinski definition) is 1. The van der Waals surface area contributed by atoms with Crippen LogP contribution in [0.5, 0.6) is 0 Å². The highest BCUT2D eigenvalue weighted by Crippen LogP contribution is 2.29. The number of hydrogen-bond acceptors (Lipinski definition) is 2. The molecule has 0 bridgehead atoms. The van der Waals surface area contributed by atoms with Gasteiger partial charge in [-0.1, -0.05) is 28.1 Å². The van der Waals surface area contributed by atoms with Crippen molar-refractivity contribution in [1.29, 1.82) is 0 Å². The Morgan fingerprint density at radius 1 is 1.57 bits per heavy atom. The molecule has 1 saturated heterocycles. The van der Waals surface area contributed by atoms with Crippen molar-refractivity contribution in [3.8, 4) is 0 Å². The van der Waals surface area contributed by atoms with E-state index in [0.717, 1.165) is 16.6 Å². The van der Waals surface area contributed by atoms with Crippen LogP contribution in [0.2, 0.25) is 0 Å². The lowest BCUT2D eigenvalue weighted by Crippen LogP contribution is -2.34. The van der Waals surface area contributed by atoms with Crippen molar-refractivity contribution in [2.24, 2.45) is 0 Å². The lowest BCUT2D eigenvalue weighted by Gasteiger charge is -2.25. The highest BCUT2D eigenvalue weighted by atomic mass is 79.9. The van der Waals surface area contributed by atoms with Gasteiger partial charge in [0.2, 0.25) is 0 Å². The van der Waals surface area contributed by atoms with Crippen LogP contribution in [0, 0.1) is 0 Å². The predicted molar refractivity (Wildman–Crippen MR) is 60.0 cm³/mol. The molecule has 0 spiro atoms. The molecule has 0 aliphatic carbocycles. The fraction of sp³-hybridized carbons (Fsp3) is 0.455. The summed E-state index contributed by atoms with van der Waals surface area (Å²) in [5.74, 6) is 0. The number of halogens is 1. The predicted octanol–water partition coefficient (Wildman–Crippen LogP) is 2.63. The van der Waals surface area contributed by atoms with Crippen molar-refractivity contribution in [2.75, 3.05) is 6.54 Å². The summed E-state index contributed by atoms with van der Waals surface area (Å²) in [5.41, 5.74) is 0.833. The van der Waals surface area contributed by atoms with Crippen LogP contribution in [0.1, 0.15) is 19.4 Å². The van der Waals surface area contributed by atoms with Crippen LogP contribution >= 0.6 is 15.9 Å². The fourth-order valence-electron chi connectivity index (χ4n) is 1.78. The van der Waals surface area contributed by atoms with Gasteiger partial charge in [-0.05, 0) is 31.5 Å². The molecule has 1 aromatic rings. The Morgan fingerprint density at radius 2 is 2.36 bits per heavy atom. The Hall–Kier alpha value is -0.380. The molecule has 1 aliphatic rings. The standard InChI is InChI=1S/C11H14BrNO/c1-8-7-13-11(2,14-8)9-4-3-5-10(12)6-9/h3-6,8,13H,7H2,1-2H3. The molecule has 2 nitrogen and oxygen atoms in total. The average Bonchev–Trinajstić information content (AvgIpc) is 2.48. The van der Waals surface area contributed by atoms with E-state index in [-0.39, 0.29) is 11.8 Å². The minimum absolute atomic E-state index is 0.277. The second-order valence-corrected chi connectivity index (χ2v) is 4.77. The van der Waals surface area contributed by atoms with Gasteiger partial charge in [0, 0.05) is 11.0 Å². The number of benzene rings is 1. The normalized spacial score (nSPS) is 32.1. The molecular formula is C11H14BrNO. The third kappa shape index (κ3) is 1.85. The highest BCUT2D eigenvalue weighted by molar-refractivity contribution is 9.10. The van der Waals surface area contributed by atoms with E-state index in [1.807, 2.05) is 12.1 Å². The van der Waals surface area contributed by atoms with Crippen LogP contribution in [0.15, 0.2) is 28.7 Å². The lowest BCUT2D eigenvalue weighted by molar-refractivity contribution is -0.0343. The zero-order valence-electron chi connectivity index (χ0n) is 8.38. The smallest absolute Gasteiger partial charge is 0.143 e. The molecule has 0 aromatic heterocycles. The third-order valence-electron chi connectivity index (χ3n) is 2.54. The van der Waals surface area contributed by atoms with Crippen LogP contribution in [0.25, 0.3) is 0 Å². The summed E-state index contributed by atoms with van der Waals surface area (Å²) in [6.45, 7) is 5.05. The zero-order chi connectivity index (χ0) is 10.2. The molecule has 2 atom stereocenters. The molecule has 1 heterocycles. The topological polar surface area (TPSA) is 21.3 Å². The van der Waals surface area contributed by atoms with Crippen molar-refractivity contribution in [3.05, 3.63) is 34.3 Å². The maximum absolute atomic E-state index is 5.86. The van der Waals surface area contributed by atoms with E-state index in [0.29, 0.717) is 0 Å². The van der Waals surface area contributed by atoms with Gasteiger partial charge in [0.05, 0.1) is 6.10 Å². The molecule has 0 amide bonds. The summed E-state index contributed by atoms with van der Waals surface area (Å²) in [5, 5.41) is 3.38. The van der Waals surface area contributed by atoms with Gasteiger partial charge in [-0.3, -0.25) is 5.32 Å². The number of rotatable bonds is 1. The van der Waals surface area contributed by atoms with Crippen molar-refractivity contribution in [1.82, 2.24) is 5.32 Å². The van der Waals surface area contributed by atoms with Gasteiger partial charge in [0.25, 0.3) is 0 Å². The van der Waals surface area contributed by atoms with Gasteiger partial charge in [-0.2, -0.15) is 0 Å². The number of nitrogens with one attached hydrogen (secondary N) is 1. The van der Waals surface area contributed by atoms with Crippen LogP contribution in [0.4, 0.5) is 0 Å². The lowest BCUT2D eigenvalue weighted by atomic mass is 10.1. The van der Waals surface area contributed by atoms with E-state index in [2.05, 4.69) is 47.2 Å². The summed E-state index contributed by atoms with van der Waals surface area (Å²) >= 11 is 3.47. The molecule has 2 rings (SSSR count). The molecule has 1 aromatic carbocycles. The molecule has 1 fully saturated rings. The van der Waals surface area contributed by atoms with E-state index in [4.69, 9.17) is 4.74 Å². The van der Waals surface area contributed by atoms with Crippen LogP contribution in [0.3, 0.4) is 0 Å². The second kappa shape index (κ2) is 3.65. The van der Waals surface area contributed by atoms with Gasteiger partial charge in [0.15, 0.2) is 0 Å². The minimum Gasteiger partial charge on any atom is -0.352 e. The van der Waals surface area contributed by atoms with Gasteiger partial charge >= 0.3 is 0 Å². The first-order chi connectivity index (χ1) is 6.60. The summed E-state index contributed by atoms with van der Waals surface area (Å²) in [6, 6.07) is 8.21. The Labute approximate surface area is 92.8 Å². The van der Waals surface area contributed by atoms with Crippen LogP contribution in [-0.4, -0.2) is 12.6 Å². The van der Waals surface area contributed by atoms with Gasteiger partial charge < -0.3 is 4.74 Å². The van der Waals surface area contributed by atoms with Crippen LogP contribution in [-0.2, 0) is 10.5 Å². The zero-order valence-corrected chi connectivity index (χ0v) is 9.97. The Bertz CT molecular complexity index is 342. The van der Waals surface area contributed by atoms with Crippen molar-refractivity contribution in [2.45, 2.75) is 25.7 Å². The molecular weight excluding hydrogens is 242 g/mol. The van der Waals surface area contributed by atoms with Gasteiger partial charge in [-0.15, -0.1) is 0 Å². The van der Waals surface area contributed by atoms with E-state index in [1.165, 1.54) is 0 Å². The quantitative estimate of drug-likeness (QED) is 0.834. The second-order valence-electron chi connectivity index (χ2n) is 3.85. The summed E-state index contributed by atoms with van der Waals surface area (Å²) < 4.78 is 6.94. The Kier molecular flexibility index (Phi) is 2.64. The molecule has 76 valence electrons. The minimum atomic E-state index is -0.330. The fourth-order valence-corrected chi connectivity index (χ4v) is 2.18. The monoisotopic (exact) mass is 255 g/mol. The maximum atomic E-state index is 5.86. The summed E-state index contributed by atoms with van der Waals surface area (Å²) in [6.07, 6.45) is 0.277. The van der Waals surface area contributed by atoms with E-state index in [9.17, 15) is 0 Å². The Morgan fingerprint density at radius 3 is 2.93 bits per heavy atom. The molecule has 3 heteroatoms. The summed E-state index contributed by atoms with van der Waals surface area (Å²) in [4.78, 5) is 0. The molecule has 14 heavy (non-hydrogen) atoms.